The van der Waals surface area contributed by atoms with Crippen LogP contribution in [0.2, 0.25) is 0 Å². The van der Waals surface area contributed by atoms with Gasteiger partial charge in [0.1, 0.15) is 12.7 Å². The Labute approximate surface area is 123 Å². The normalized spacial score (nSPS) is 13.2. The van der Waals surface area contributed by atoms with Crippen molar-refractivity contribution in [2.45, 2.75) is 37.8 Å². The van der Waals surface area contributed by atoms with Gasteiger partial charge in [-0.3, -0.25) is 4.79 Å². The molecule has 0 saturated carbocycles. The SMILES string of the molecule is Cc1ccc(C(=O)[C@@H](SC(C)(C)C)n2cncn2)cc1. The summed E-state index contributed by atoms with van der Waals surface area (Å²) in [6, 6.07) is 7.64. The molecule has 2 rings (SSSR count). The second-order valence-electron chi connectivity index (χ2n) is 5.69. The largest absolute Gasteiger partial charge is 0.291 e. The number of nitrogens with zero attached hydrogens (tertiary/aromatic N) is 3. The van der Waals surface area contributed by atoms with Crippen LogP contribution >= 0.6 is 11.8 Å². The molecule has 20 heavy (non-hydrogen) atoms. The first-order valence-corrected chi connectivity index (χ1v) is 7.37. The minimum Gasteiger partial charge on any atom is -0.291 e. The van der Waals surface area contributed by atoms with Gasteiger partial charge in [0.2, 0.25) is 0 Å². The quantitative estimate of drug-likeness (QED) is 0.808. The van der Waals surface area contributed by atoms with Crippen LogP contribution in [0.1, 0.15) is 42.1 Å². The van der Waals surface area contributed by atoms with Crippen LogP contribution in [0.5, 0.6) is 0 Å². The number of carbonyl (C=O) groups is 1. The van der Waals surface area contributed by atoms with E-state index in [0.29, 0.717) is 5.56 Å². The van der Waals surface area contributed by atoms with Crippen molar-refractivity contribution in [1.29, 1.82) is 0 Å². The molecule has 0 aliphatic rings. The fourth-order valence-electron chi connectivity index (χ4n) is 1.76. The van der Waals surface area contributed by atoms with Crippen molar-refractivity contribution in [3.63, 3.8) is 0 Å². The van der Waals surface area contributed by atoms with Gasteiger partial charge in [-0.15, -0.1) is 11.8 Å². The summed E-state index contributed by atoms with van der Waals surface area (Å²) < 4.78 is 1.58. The molecule has 0 radical (unpaired) electrons. The summed E-state index contributed by atoms with van der Waals surface area (Å²) in [7, 11) is 0. The maximum absolute atomic E-state index is 12.7. The first kappa shape index (κ1) is 14.8. The summed E-state index contributed by atoms with van der Waals surface area (Å²) in [6.07, 6.45) is 3.05. The lowest BCUT2D eigenvalue weighted by atomic mass is 10.1. The van der Waals surface area contributed by atoms with E-state index in [0.717, 1.165) is 5.56 Å². The number of rotatable bonds is 4. The number of hydrogen-bond acceptors (Lipinski definition) is 4. The van der Waals surface area contributed by atoms with E-state index in [9.17, 15) is 4.79 Å². The number of aryl methyl sites for hydroxylation is 1. The average Bonchev–Trinajstić information content (AvgIpc) is 2.89. The number of hydrogen-bond donors (Lipinski definition) is 0. The lowest BCUT2D eigenvalue weighted by molar-refractivity contribution is 0.0962. The zero-order valence-corrected chi connectivity index (χ0v) is 13.0. The van der Waals surface area contributed by atoms with Crippen molar-refractivity contribution in [1.82, 2.24) is 14.8 Å². The monoisotopic (exact) mass is 289 g/mol. The van der Waals surface area contributed by atoms with Crippen LogP contribution < -0.4 is 0 Å². The summed E-state index contributed by atoms with van der Waals surface area (Å²) in [5, 5.41) is 3.74. The number of benzene rings is 1. The van der Waals surface area contributed by atoms with Crippen molar-refractivity contribution in [2.75, 3.05) is 0 Å². The molecule has 2 aromatic rings. The first-order chi connectivity index (χ1) is 9.37. The first-order valence-electron chi connectivity index (χ1n) is 6.49. The zero-order valence-electron chi connectivity index (χ0n) is 12.2. The molecule has 0 aliphatic heterocycles. The molecule has 1 heterocycles. The molecule has 0 unspecified atom stereocenters. The van der Waals surface area contributed by atoms with E-state index in [1.807, 2.05) is 31.2 Å². The summed E-state index contributed by atoms with van der Waals surface area (Å²) in [4.78, 5) is 16.7. The minimum atomic E-state index is -0.389. The van der Waals surface area contributed by atoms with Crippen LogP contribution in [0.15, 0.2) is 36.9 Å². The van der Waals surface area contributed by atoms with Crippen LogP contribution in [-0.4, -0.2) is 25.3 Å². The number of carbonyl (C=O) groups excluding carboxylic acids is 1. The van der Waals surface area contributed by atoms with Gasteiger partial charge in [-0.25, -0.2) is 9.67 Å². The van der Waals surface area contributed by atoms with E-state index in [4.69, 9.17) is 0 Å². The third kappa shape index (κ3) is 3.70. The lowest BCUT2D eigenvalue weighted by Crippen LogP contribution is -2.23. The van der Waals surface area contributed by atoms with Gasteiger partial charge in [0.05, 0.1) is 0 Å². The minimum absolute atomic E-state index is 0.0447. The Bertz CT molecular complexity index is 570. The highest BCUT2D eigenvalue weighted by Gasteiger charge is 2.28. The molecule has 1 aromatic carbocycles. The average molecular weight is 289 g/mol. The highest BCUT2D eigenvalue weighted by atomic mass is 32.2. The van der Waals surface area contributed by atoms with E-state index in [1.165, 1.54) is 6.33 Å². The van der Waals surface area contributed by atoms with Gasteiger partial charge < -0.3 is 0 Å². The van der Waals surface area contributed by atoms with Crippen LogP contribution in [-0.2, 0) is 0 Å². The van der Waals surface area contributed by atoms with Crippen molar-refractivity contribution in [3.05, 3.63) is 48.0 Å². The second kappa shape index (κ2) is 5.79. The molecule has 0 spiro atoms. The molecule has 4 nitrogen and oxygen atoms in total. The summed E-state index contributed by atoms with van der Waals surface area (Å²) >= 11 is 1.58. The van der Waals surface area contributed by atoms with E-state index in [-0.39, 0.29) is 15.9 Å². The van der Waals surface area contributed by atoms with Crippen LogP contribution in [0.3, 0.4) is 0 Å². The topological polar surface area (TPSA) is 47.8 Å². The molecular weight excluding hydrogens is 270 g/mol. The van der Waals surface area contributed by atoms with Crippen molar-refractivity contribution in [3.8, 4) is 0 Å². The van der Waals surface area contributed by atoms with Crippen LogP contribution in [0.4, 0.5) is 0 Å². The molecule has 5 heteroatoms. The van der Waals surface area contributed by atoms with Crippen LogP contribution in [0.25, 0.3) is 0 Å². The third-order valence-electron chi connectivity index (χ3n) is 2.70. The standard InChI is InChI=1S/C15H19N3OS/c1-11-5-7-12(8-6-11)13(19)14(20-15(2,3)4)18-10-16-9-17-18/h5-10,14H,1-4H3/t14-/m1/s1. The molecule has 1 atom stereocenters. The van der Waals surface area contributed by atoms with Gasteiger partial charge in [-0.2, -0.15) is 5.10 Å². The van der Waals surface area contributed by atoms with Crippen molar-refractivity contribution in [2.24, 2.45) is 0 Å². The Morgan fingerprint density at radius 1 is 1.25 bits per heavy atom. The molecule has 106 valence electrons. The smallest absolute Gasteiger partial charge is 0.197 e. The predicted octanol–water partition coefficient (Wildman–Crippen LogP) is 3.50. The van der Waals surface area contributed by atoms with Crippen LogP contribution in [0, 0.1) is 6.92 Å². The molecule has 0 fully saturated rings. The zero-order chi connectivity index (χ0) is 14.8. The summed E-state index contributed by atoms with van der Waals surface area (Å²) in [6.45, 7) is 8.27. The molecular formula is C15H19N3OS. The fourth-order valence-corrected chi connectivity index (χ4v) is 2.89. The highest BCUT2D eigenvalue weighted by molar-refractivity contribution is 8.01. The predicted molar refractivity (Wildman–Crippen MR) is 81.9 cm³/mol. The van der Waals surface area contributed by atoms with Crippen molar-refractivity contribution < 1.29 is 4.79 Å². The van der Waals surface area contributed by atoms with Gasteiger partial charge in [0.15, 0.2) is 11.2 Å². The molecule has 0 N–H and O–H groups in total. The third-order valence-corrected chi connectivity index (χ3v) is 4.06. The second-order valence-corrected chi connectivity index (χ2v) is 7.60. The van der Waals surface area contributed by atoms with E-state index in [1.54, 1.807) is 22.8 Å². The van der Waals surface area contributed by atoms with E-state index >= 15 is 0 Å². The Morgan fingerprint density at radius 3 is 2.40 bits per heavy atom. The van der Waals surface area contributed by atoms with E-state index < -0.39 is 0 Å². The maximum atomic E-state index is 12.7. The Kier molecular flexibility index (Phi) is 4.28. The van der Waals surface area contributed by atoms with Gasteiger partial charge >= 0.3 is 0 Å². The molecule has 0 bridgehead atoms. The number of thioether (sulfide) groups is 1. The fraction of sp³-hybridized carbons (Fsp3) is 0.400. The maximum Gasteiger partial charge on any atom is 0.197 e. The Balaban J connectivity index is 2.31. The van der Waals surface area contributed by atoms with Gasteiger partial charge in [0.25, 0.3) is 0 Å². The molecule has 0 aliphatic carbocycles. The lowest BCUT2D eigenvalue weighted by Gasteiger charge is -2.24. The van der Waals surface area contributed by atoms with Gasteiger partial charge in [0, 0.05) is 10.3 Å². The Hall–Kier alpha value is -1.62. The molecule has 0 amide bonds. The van der Waals surface area contributed by atoms with E-state index in [2.05, 4.69) is 30.9 Å². The van der Waals surface area contributed by atoms with Gasteiger partial charge in [-0.05, 0) is 6.92 Å². The summed E-state index contributed by atoms with van der Waals surface area (Å²) in [5.41, 5.74) is 1.84. The number of Topliss-reactive ketones (excluding diaryl/α,β-unsaturated/α-hetero) is 1. The summed E-state index contributed by atoms with van der Waals surface area (Å²) in [5.74, 6) is 0.0513. The number of aromatic nitrogens is 3. The highest BCUT2D eigenvalue weighted by Crippen LogP contribution is 2.36. The van der Waals surface area contributed by atoms with Gasteiger partial charge in [-0.1, -0.05) is 50.6 Å². The molecule has 1 aromatic heterocycles. The van der Waals surface area contributed by atoms with Crippen molar-refractivity contribution >= 4 is 17.5 Å². The number of ketones is 1. The Morgan fingerprint density at radius 2 is 1.90 bits per heavy atom. The molecule has 0 saturated heterocycles.